The van der Waals surface area contributed by atoms with Crippen LogP contribution in [0.1, 0.15) is 6.92 Å². The number of rotatable bonds is 3. The maximum absolute atomic E-state index is 8.66. The van der Waals surface area contributed by atoms with Crippen LogP contribution in [0.15, 0.2) is 36.1 Å². The van der Waals surface area contributed by atoms with Crippen molar-refractivity contribution in [3.8, 4) is 0 Å². The van der Waals surface area contributed by atoms with Crippen molar-refractivity contribution in [2.24, 2.45) is 0 Å². The van der Waals surface area contributed by atoms with Gasteiger partial charge in [0, 0.05) is 5.57 Å². The lowest BCUT2D eigenvalue weighted by Gasteiger charge is -2.01. The highest BCUT2D eigenvalue weighted by molar-refractivity contribution is 5.24. The average molecular weight is 156 g/mol. The molecule has 0 aromatic rings. The Balaban J connectivity index is 4.32. The predicted molar refractivity (Wildman–Crippen MR) is 42.9 cm³/mol. The third kappa shape index (κ3) is 4.36. The highest BCUT2D eigenvalue weighted by Crippen LogP contribution is 2.01. The highest BCUT2D eigenvalue weighted by Gasteiger charge is 1.99. The molecule has 0 spiro atoms. The van der Waals surface area contributed by atoms with Crippen molar-refractivity contribution in [1.82, 2.24) is 0 Å². The van der Waals surface area contributed by atoms with Gasteiger partial charge in [0.15, 0.2) is 6.29 Å². The standard InChI is InChI=1S/C8H12O3/c1-2-3-4-7(5-6-9)8(10)11/h2-6,8-11H,1H3/b3-2+,6-5+,7-4+. The van der Waals surface area contributed by atoms with E-state index in [4.69, 9.17) is 15.3 Å². The SMILES string of the molecule is C/C=C/C=C(\C=C\O)C(O)O. The summed E-state index contributed by atoms with van der Waals surface area (Å²) in [7, 11) is 0. The lowest BCUT2D eigenvalue weighted by Crippen LogP contribution is -2.05. The summed E-state index contributed by atoms with van der Waals surface area (Å²) in [4.78, 5) is 0. The summed E-state index contributed by atoms with van der Waals surface area (Å²) < 4.78 is 0. The van der Waals surface area contributed by atoms with E-state index in [-0.39, 0.29) is 5.57 Å². The number of aliphatic hydroxyl groups excluding tert-OH is 2. The Kier molecular flexibility index (Phi) is 5.15. The molecule has 0 saturated carbocycles. The normalized spacial score (nSPS) is 14.0. The molecule has 0 atom stereocenters. The summed E-state index contributed by atoms with van der Waals surface area (Å²) >= 11 is 0. The zero-order valence-corrected chi connectivity index (χ0v) is 6.31. The second-order valence-corrected chi connectivity index (χ2v) is 1.88. The van der Waals surface area contributed by atoms with Crippen LogP contribution < -0.4 is 0 Å². The summed E-state index contributed by atoms with van der Waals surface area (Å²) in [6, 6.07) is 0. The molecular weight excluding hydrogens is 144 g/mol. The van der Waals surface area contributed by atoms with E-state index in [9.17, 15) is 0 Å². The lowest BCUT2D eigenvalue weighted by atomic mass is 10.2. The molecule has 0 aromatic carbocycles. The Labute approximate surface area is 65.6 Å². The van der Waals surface area contributed by atoms with Gasteiger partial charge in [-0.15, -0.1) is 0 Å². The summed E-state index contributed by atoms with van der Waals surface area (Å²) in [5, 5.41) is 25.6. The van der Waals surface area contributed by atoms with Gasteiger partial charge in [-0.05, 0) is 13.0 Å². The first-order valence-electron chi connectivity index (χ1n) is 3.22. The second-order valence-electron chi connectivity index (χ2n) is 1.88. The topological polar surface area (TPSA) is 60.7 Å². The molecule has 0 aromatic heterocycles. The van der Waals surface area contributed by atoms with Crippen LogP contribution in [0.4, 0.5) is 0 Å². The predicted octanol–water partition coefficient (Wildman–Crippen LogP) is 0.871. The highest BCUT2D eigenvalue weighted by atomic mass is 16.5. The van der Waals surface area contributed by atoms with Crippen LogP contribution in [0.25, 0.3) is 0 Å². The van der Waals surface area contributed by atoms with Crippen LogP contribution in [0.3, 0.4) is 0 Å². The van der Waals surface area contributed by atoms with Gasteiger partial charge >= 0.3 is 0 Å². The van der Waals surface area contributed by atoms with E-state index in [0.717, 1.165) is 6.26 Å². The Morgan fingerprint density at radius 3 is 2.36 bits per heavy atom. The van der Waals surface area contributed by atoms with E-state index in [1.165, 1.54) is 12.2 Å². The molecule has 3 nitrogen and oxygen atoms in total. The lowest BCUT2D eigenvalue weighted by molar-refractivity contribution is -0.00497. The van der Waals surface area contributed by atoms with Crippen molar-refractivity contribution < 1.29 is 15.3 Å². The third-order valence-electron chi connectivity index (χ3n) is 1.05. The quantitative estimate of drug-likeness (QED) is 0.323. The maximum atomic E-state index is 8.66. The smallest absolute Gasteiger partial charge is 0.178 e. The van der Waals surface area contributed by atoms with Crippen LogP contribution in [0.5, 0.6) is 0 Å². The fourth-order valence-electron chi connectivity index (χ4n) is 0.521. The Hall–Kier alpha value is -1.06. The molecule has 3 heteroatoms. The van der Waals surface area contributed by atoms with Gasteiger partial charge < -0.3 is 15.3 Å². The first kappa shape index (κ1) is 9.94. The molecule has 0 aliphatic carbocycles. The number of hydrogen-bond donors (Lipinski definition) is 3. The summed E-state index contributed by atoms with van der Waals surface area (Å²) in [5.41, 5.74) is 0.241. The molecule has 0 heterocycles. The Morgan fingerprint density at radius 1 is 1.36 bits per heavy atom. The molecule has 0 aliphatic rings. The largest absolute Gasteiger partial charge is 0.516 e. The van der Waals surface area contributed by atoms with Crippen LogP contribution in [-0.4, -0.2) is 21.6 Å². The minimum Gasteiger partial charge on any atom is -0.516 e. The minimum atomic E-state index is -1.55. The van der Waals surface area contributed by atoms with Crippen LogP contribution in [0, 0.1) is 0 Å². The monoisotopic (exact) mass is 156 g/mol. The van der Waals surface area contributed by atoms with Crippen LogP contribution in [0.2, 0.25) is 0 Å². The van der Waals surface area contributed by atoms with E-state index >= 15 is 0 Å². The Bertz CT molecular complexity index is 178. The molecule has 0 aliphatic heterocycles. The van der Waals surface area contributed by atoms with Gasteiger partial charge in [-0.3, -0.25) is 0 Å². The first-order chi connectivity index (χ1) is 5.22. The van der Waals surface area contributed by atoms with Crippen molar-refractivity contribution in [2.75, 3.05) is 0 Å². The van der Waals surface area contributed by atoms with Crippen molar-refractivity contribution in [3.05, 3.63) is 36.1 Å². The van der Waals surface area contributed by atoms with Gasteiger partial charge in [0.05, 0.1) is 6.26 Å². The van der Waals surface area contributed by atoms with E-state index in [2.05, 4.69) is 0 Å². The van der Waals surface area contributed by atoms with Gasteiger partial charge in [-0.2, -0.15) is 0 Å². The molecule has 62 valence electrons. The van der Waals surface area contributed by atoms with Crippen molar-refractivity contribution >= 4 is 0 Å². The van der Waals surface area contributed by atoms with Crippen LogP contribution in [-0.2, 0) is 0 Å². The molecule has 0 radical (unpaired) electrons. The summed E-state index contributed by atoms with van der Waals surface area (Å²) in [6.45, 7) is 1.81. The van der Waals surface area contributed by atoms with E-state index in [0.29, 0.717) is 0 Å². The molecule has 0 rings (SSSR count). The van der Waals surface area contributed by atoms with Crippen molar-refractivity contribution in [1.29, 1.82) is 0 Å². The van der Waals surface area contributed by atoms with Crippen LogP contribution >= 0.6 is 0 Å². The van der Waals surface area contributed by atoms with E-state index in [1.807, 2.05) is 0 Å². The van der Waals surface area contributed by atoms with Crippen molar-refractivity contribution in [2.45, 2.75) is 13.2 Å². The number of aliphatic hydroxyl groups is 3. The minimum absolute atomic E-state index is 0.241. The van der Waals surface area contributed by atoms with E-state index < -0.39 is 6.29 Å². The second kappa shape index (κ2) is 5.70. The molecule has 0 fully saturated rings. The zero-order chi connectivity index (χ0) is 8.69. The molecule has 0 unspecified atom stereocenters. The van der Waals surface area contributed by atoms with Gasteiger partial charge in [-0.1, -0.05) is 18.2 Å². The molecule has 0 amide bonds. The van der Waals surface area contributed by atoms with Gasteiger partial charge in [0.1, 0.15) is 0 Å². The van der Waals surface area contributed by atoms with E-state index in [1.54, 1.807) is 19.1 Å². The summed E-state index contributed by atoms with van der Waals surface area (Å²) in [5.74, 6) is 0. The molecule has 0 bridgehead atoms. The molecular formula is C8H12O3. The first-order valence-corrected chi connectivity index (χ1v) is 3.22. The molecule has 3 N–H and O–H groups in total. The number of allylic oxidation sites excluding steroid dienone is 3. The Morgan fingerprint density at radius 2 is 2.00 bits per heavy atom. The maximum Gasteiger partial charge on any atom is 0.178 e. The fourth-order valence-corrected chi connectivity index (χ4v) is 0.521. The average Bonchev–Trinajstić information content (AvgIpc) is 1.97. The molecule has 0 saturated heterocycles. The molecule has 11 heavy (non-hydrogen) atoms. The summed E-state index contributed by atoms with van der Waals surface area (Å²) in [6.07, 6.45) is 5.31. The fraction of sp³-hybridized carbons (Fsp3) is 0.250. The number of hydrogen-bond acceptors (Lipinski definition) is 3. The van der Waals surface area contributed by atoms with Gasteiger partial charge in [-0.25, -0.2) is 0 Å². The zero-order valence-electron chi connectivity index (χ0n) is 6.31. The van der Waals surface area contributed by atoms with Crippen molar-refractivity contribution in [3.63, 3.8) is 0 Å². The van der Waals surface area contributed by atoms with Gasteiger partial charge in [0.25, 0.3) is 0 Å². The third-order valence-corrected chi connectivity index (χ3v) is 1.05. The van der Waals surface area contributed by atoms with Gasteiger partial charge in [0.2, 0.25) is 0 Å².